The Balaban J connectivity index is 1.14. The van der Waals surface area contributed by atoms with Crippen molar-refractivity contribution in [3.05, 3.63) is 93.3 Å². The fourth-order valence-electron chi connectivity index (χ4n) is 3.56. The first kappa shape index (κ1) is 23.6. The number of fused-ring (bicyclic) bond motifs is 1. The molecule has 180 valence electrons. The number of hydrogen-bond acceptors (Lipinski definition) is 7. The number of nitrogens with one attached hydrogen (secondary N) is 3. The predicted molar refractivity (Wildman–Crippen MR) is 144 cm³/mol. The standard InChI is InChI=1S/C26H21N5O3S2/c1-15-4-10-20-21(13-15)36-25(30-20)16-5-7-17(8-6-16)28-22(32)11-9-18-14-35-26(29-18)31-24(34)19-3-2-12-27-23(19)33/h2-8,10,12-14H,9,11H2,1H3,(H,27,33)(H,28,32)(H,29,31,34). The number of benzene rings is 2. The van der Waals surface area contributed by atoms with Crippen LogP contribution in [0, 0.1) is 6.92 Å². The van der Waals surface area contributed by atoms with Gasteiger partial charge in [0.25, 0.3) is 11.5 Å². The molecule has 2 amide bonds. The second-order valence-electron chi connectivity index (χ2n) is 8.13. The Morgan fingerprint density at radius 2 is 1.86 bits per heavy atom. The molecule has 0 saturated heterocycles. The second kappa shape index (κ2) is 10.2. The molecule has 8 nitrogen and oxygen atoms in total. The van der Waals surface area contributed by atoms with Crippen molar-refractivity contribution >= 4 is 55.5 Å². The van der Waals surface area contributed by atoms with Gasteiger partial charge in [0.1, 0.15) is 10.6 Å². The summed E-state index contributed by atoms with van der Waals surface area (Å²) in [4.78, 5) is 47.9. The molecule has 0 spiro atoms. The zero-order valence-electron chi connectivity index (χ0n) is 19.2. The zero-order chi connectivity index (χ0) is 25.1. The van der Waals surface area contributed by atoms with Crippen molar-refractivity contribution in [2.75, 3.05) is 10.6 Å². The van der Waals surface area contributed by atoms with Crippen LogP contribution in [0.4, 0.5) is 10.8 Å². The van der Waals surface area contributed by atoms with E-state index < -0.39 is 11.5 Å². The third kappa shape index (κ3) is 5.40. The summed E-state index contributed by atoms with van der Waals surface area (Å²) in [6.07, 6.45) is 2.13. The van der Waals surface area contributed by atoms with Gasteiger partial charge in [0.15, 0.2) is 5.13 Å². The van der Waals surface area contributed by atoms with Crippen LogP contribution >= 0.6 is 22.7 Å². The first-order valence-electron chi connectivity index (χ1n) is 11.2. The molecule has 0 aliphatic carbocycles. The van der Waals surface area contributed by atoms with Crippen LogP contribution in [0.1, 0.15) is 28.0 Å². The molecular formula is C26H21N5O3S2. The molecule has 36 heavy (non-hydrogen) atoms. The summed E-state index contributed by atoms with van der Waals surface area (Å²) < 4.78 is 1.15. The monoisotopic (exact) mass is 515 g/mol. The summed E-state index contributed by atoms with van der Waals surface area (Å²) in [6, 6.07) is 16.9. The number of nitrogens with zero attached hydrogens (tertiary/aromatic N) is 2. The smallest absolute Gasteiger partial charge is 0.263 e. The first-order valence-corrected chi connectivity index (χ1v) is 12.9. The lowest BCUT2D eigenvalue weighted by Crippen LogP contribution is -2.22. The average molecular weight is 516 g/mol. The number of aromatic nitrogens is 3. The third-order valence-electron chi connectivity index (χ3n) is 5.40. The minimum atomic E-state index is -0.528. The molecule has 0 bridgehead atoms. The van der Waals surface area contributed by atoms with Crippen molar-refractivity contribution in [3.63, 3.8) is 0 Å². The van der Waals surface area contributed by atoms with Crippen molar-refractivity contribution in [3.8, 4) is 10.6 Å². The van der Waals surface area contributed by atoms with Crippen LogP contribution in [0.3, 0.4) is 0 Å². The maximum atomic E-state index is 12.4. The highest BCUT2D eigenvalue weighted by Crippen LogP contribution is 2.31. The highest BCUT2D eigenvalue weighted by molar-refractivity contribution is 7.21. The van der Waals surface area contributed by atoms with Crippen LogP contribution in [-0.2, 0) is 11.2 Å². The van der Waals surface area contributed by atoms with Gasteiger partial charge in [0.2, 0.25) is 5.91 Å². The topological polar surface area (TPSA) is 117 Å². The van der Waals surface area contributed by atoms with Gasteiger partial charge in [0, 0.05) is 29.2 Å². The Hall–Kier alpha value is -4.15. The molecular weight excluding hydrogens is 494 g/mol. The molecule has 5 aromatic rings. The Morgan fingerprint density at radius 1 is 1.03 bits per heavy atom. The van der Waals surface area contributed by atoms with E-state index >= 15 is 0 Å². The maximum absolute atomic E-state index is 12.4. The molecule has 3 aromatic heterocycles. The lowest BCUT2D eigenvalue weighted by molar-refractivity contribution is -0.116. The van der Waals surface area contributed by atoms with E-state index in [0.29, 0.717) is 22.9 Å². The van der Waals surface area contributed by atoms with E-state index in [4.69, 9.17) is 4.98 Å². The van der Waals surface area contributed by atoms with E-state index in [1.54, 1.807) is 22.8 Å². The van der Waals surface area contributed by atoms with Gasteiger partial charge in [-0.15, -0.1) is 22.7 Å². The summed E-state index contributed by atoms with van der Waals surface area (Å²) in [5, 5.41) is 8.62. The summed E-state index contributed by atoms with van der Waals surface area (Å²) in [5.74, 6) is -0.660. The fraction of sp³-hybridized carbons (Fsp3) is 0.115. The molecule has 0 aliphatic rings. The van der Waals surface area contributed by atoms with E-state index in [-0.39, 0.29) is 17.9 Å². The van der Waals surface area contributed by atoms with Crippen LogP contribution in [0.15, 0.2) is 71.0 Å². The maximum Gasteiger partial charge on any atom is 0.263 e. The predicted octanol–water partition coefficient (Wildman–Crippen LogP) is 5.24. The molecule has 0 atom stereocenters. The molecule has 0 fully saturated rings. The molecule has 0 radical (unpaired) electrons. The third-order valence-corrected chi connectivity index (χ3v) is 7.28. The van der Waals surface area contributed by atoms with Crippen molar-refractivity contribution in [2.24, 2.45) is 0 Å². The van der Waals surface area contributed by atoms with Gasteiger partial charge in [-0.05, 0) is 67.4 Å². The first-order chi connectivity index (χ1) is 17.4. The number of H-pyrrole nitrogens is 1. The minimum Gasteiger partial charge on any atom is -0.328 e. The highest BCUT2D eigenvalue weighted by atomic mass is 32.1. The van der Waals surface area contributed by atoms with Gasteiger partial charge in [-0.3, -0.25) is 19.7 Å². The Morgan fingerprint density at radius 3 is 2.67 bits per heavy atom. The number of carbonyl (C=O) groups is 2. The van der Waals surface area contributed by atoms with Crippen LogP contribution in [0.5, 0.6) is 0 Å². The lowest BCUT2D eigenvalue weighted by atomic mass is 10.2. The van der Waals surface area contributed by atoms with Crippen molar-refractivity contribution in [1.29, 1.82) is 0 Å². The van der Waals surface area contributed by atoms with Gasteiger partial charge in [-0.25, -0.2) is 9.97 Å². The molecule has 10 heteroatoms. The second-order valence-corrected chi connectivity index (χ2v) is 10.0. The molecule has 5 rings (SSSR count). The van der Waals surface area contributed by atoms with Gasteiger partial charge < -0.3 is 10.3 Å². The number of rotatable bonds is 7. The zero-order valence-corrected chi connectivity index (χ0v) is 20.8. The molecule has 0 unspecified atom stereocenters. The van der Waals surface area contributed by atoms with E-state index in [2.05, 4.69) is 39.7 Å². The number of carbonyl (C=O) groups excluding carboxylic acids is 2. The highest BCUT2D eigenvalue weighted by Gasteiger charge is 2.13. The molecule has 2 aromatic carbocycles. The van der Waals surface area contributed by atoms with Gasteiger partial charge in [-0.1, -0.05) is 6.07 Å². The van der Waals surface area contributed by atoms with Crippen LogP contribution in [0.2, 0.25) is 0 Å². The summed E-state index contributed by atoms with van der Waals surface area (Å²) >= 11 is 2.89. The number of thiazole rings is 2. The Bertz CT molecular complexity index is 1620. The van der Waals surface area contributed by atoms with E-state index in [1.165, 1.54) is 29.2 Å². The Labute approximate surface area is 214 Å². The van der Waals surface area contributed by atoms with E-state index in [9.17, 15) is 14.4 Å². The molecule has 0 saturated carbocycles. The summed E-state index contributed by atoms with van der Waals surface area (Å²) in [5.41, 5.74) is 4.13. The van der Waals surface area contributed by atoms with Crippen LogP contribution < -0.4 is 16.2 Å². The quantitative estimate of drug-likeness (QED) is 0.274. The number of amides is 2. The van der Waals surface area contributed by atoms with Crippen molar-refractivity contribution in [1.82, 2.24) is 15.0 Å². The lowest BCUT2D eigenvalue weighted by Gasteiger charge is -2.05. The van der Waals surface area contributed by atoms with Crippen molar-refractivity contribution in [2.45, 2.75) is 19.8 Å². The largest absolute Gasteiger partial charge is 0.328 e. The van der Waals surface area contributed by atoms with Gasteiger partial charge >= 0.3 is 0 Å². The number of pyridine rings is 1. The normalized spacial score (nSPS) is 10.9. The van der Waals surface area contributed by atoms with Crippen molar-refractivity contribution < 1.29 is 9.59 Å². The summed E-state index contributed by atoms with van der Waals surface area (Å²) in [7, 11) is 0. The molecule has 3 N–H and O–H groups in total. The average Bonchev–Trinajstić information content (AvgIpc) is 3.50. The summed E-state index contributed by atoms with van der Waals surface area (Å²) in [6.45, 7) is 2.07. The number of aryl methyl sites for hydroxylation is 2. The van der Waals surface area contributed by atoms with E-state index in [0.717, 1.165) is 20.8 Å². The molecule has 0 aliphatic heterocycles. The minimum absolute atomic E-state index is 0.0119. The number of anilines is 2. The van der Waals surface area contributed by atoms with E-state index in [1.807, 2.05) is 30.3 Å². The Kier molecular flexibility index (Phi) is 6.70. The SMILES string of the molecule is Cc1ccc2nc(-c3ccc(NC(=O)CCc4csc(NC(=O)c5ccc[nH]c5=O)n4)cc3)sc2c1. The van der Waals surface area contributed by atoms with Crippen LogP contribution in [-0.4, -0.2) is 26.8 Å². The number of hydrogen-bond donors (Lipinski definition) is 3. The van der Waals surface area contributed by atoms with Gasteiger partial charge in [0.05, 0.1) is 15.9 Å². The van der Waals surface area contributed by atoms with Crippen LogP contribution in [0.25, 0.3) is 20.8 Å². The number of aromatic amines is 1. The fourth-order valence-corrected chi connectivity index (χ4v) is 5.37. The van der Waals surface area contributed by atoms with Gasteiger partial charge in [-0.2, -0.15) is 0 Å². The molecule has 3 heterocycles.